The van der Waals surface area contributed by atoms with Crippen molar-refractivity contribution in [3.8, 4) is 16.5 Å². The highest BCUT2D eigenvalue weighted by Crippen LogP contribution is 2.28. The van der Waals surface area contributed by atoms with Crippen molar-refractivity contribution < 1.29 is 26.7 Å². The summed E-state index contributed by atoms with van der Waals surface area (Å²) in [4.78, 5) is 26.0. The summed E-state index contributed by atoms with van der Waals surface area (Å²) < 4.78 is 55.4. The number of sulfonamides is 1. The van der Waals surface area contributed by atoms with Gasteiger partial charge in [-0.1, -0.05) is 12.1 Å². The lowest BCUT2D eigenvalue weighted by Crippen LogP contribution is -2.41. The van der Waals surface area contributed by atoms with E-state index in [1.807, 2.05) is 11.6 Å². The molecule has 0 saturated heterocycles. The molecule has 2 aromatic heterocycles. The molecule has 2 N–H and O–H groups in total. The topological polar surface area (TPSA) is 123 Å². The lowest BCUT2D eigenvalue weighted by molar-refractivity contribution is 0.0911. The Morgan fingerprint density at radius 3 is 2.70 bits per heavy atom. The molecule has 13 heteroatoms. The number of ether oxygens (including phenoxy) is 1. The van der Waals surface area contributed by atoms with Crippen molar-refractivity contribution in [2.45, 2.75) is 32.1 Å². The summed E-state index contributed by atoms with van der Waals surface area (Å²) in [6.45, 7) is 5.65. The number of hydrogen-bond acceptors (Lipinski definition) is 8. The first-order valence-electron chi connectivity index (χ1n) is 9.65. The van der Waals surface area contributed by atoms with Gasteiger partial charge >= 0.3 is 5.76 Å². The number of aromatic nitrogens is 3. The van der Waals surface area contributed by atoms with Crippen molar-refractivity contribution in [2.75, 3.05) is 11.3 Å². The van der Waals surface area contributed by atoms with E-state index in [2.05, 4.69) is 20.3 Å². The number of nitrogens with zero attached hydrogens (tertiary/aromatic N) is 3. The Balaban J connectivity index is 1.76. The molecule has 0 spiro atoms. The summed E-state index contributed by atoms with van der Waals surface area (Å²) >= 11 is 1.11. The predicted molar refractivity (Wildman–Crippen MR) is 120 cm³/mol. The number of amides is 1. The molecule has 0 aliphatic rings. The van der Waals surface area contributed by atoms with Gasteiger partial charge in [-0.15, -0.1) is 11.3 Å². The van der Waals surface area contributed by atoms with Crippen molar-refractivity contribution in [1.29, 1.82) is 0 Å². The molecule has 0 aliphatic heterocycles. The van der Waals surface area contributed by atoms with E-state index in [-0.39, 0.29) is 10.7 Å². The SMILES string of the molecule is CCOc1cncc(-c2cnc(C(=O)NC(C)(C)c3cccc(NS(=O)(=O)C(F)F)c3)s2)n1. The van der Waals surface area contributed by atoms with Crippen molar-refractivity contribution in [2.24, 2.45) is 0 Å². The number of nitrogens with one attached hydrogen (secondary N) is 2. The van der Waals surface area contributed by atoms with Gasteiger partial charge in [0.25, 0.3) is 15.9 Å². The molecular weight excluding hydrogens is 476 g/mol. The zero-order chi connectivity index (χ0) is 24.2. The lowest BCUT2D eigenvalue weighted by atomic mass is 9.94. The molecule has 3 aromatic rings. The number of carbonyl (C=O) groups is 1. The molecular formula is C20H21F2N5O4S2. The van der Waals surface area contributed by atoms with Crippen LogP contribution in [0.5, 0.6) is 5.88 Å². The smallest absolute Gasteiger partial charge is 0.355 e. The molecule has 0 bridgehead atoms. The molecule has 0 radical (unpaired) electrons. The van der Waals surface area contributed by atoms with Gasteiger partial charge in [0.2, 0.25) is 5.88 Å². The average molecular weight is 498 g/mol. The summed E-state index contributed by atoms with van der Waals surface area (Å²) in [6, 6.07) is 5.86. The third kappa shape index (κ3) is 5.99. The summed E-state index contributed by atoms with van der Waals surface area (Å²) in [5.41, 5.74) is -0.00303. The fourth-order valence-corrected chi connectivity index (χ4v) is 4.08. The minimum atomic E-state index is -4.81. The van der Waals surface area contributed by atoms with Crippen LogP contribution in [0.2, 0.25) is 0 Å². The molecule has 3 rings (SSSR count). The monoisotopic (exact) mass is 497 g/mol. The number of thiazole rings is 1. The minimum absolute atomic E-state index is 0.0422. The Bertz CT molecular complexity index is 1250. The van der Waals surface area contributed by atoms with Gasteiger partial charge in [-0.25, -0.2) is 18.4 Å². The van der Waals surface area contributed by atoms with Gasteiger partial charge in [0, 0.05) is 11.9 Å². The molecule has 2 heterocycles. The summed E-state index contributed by atoms with van der Waals surface area (Å²) in [5, 5.41) is 3.00. The highest BCUT2D eigenvalue weighted by molar-refractivity contribution is 7.93. The molecule has 176 valence electrons. The van der Waals surface area contributed by atoms with Crippen LogP contribution in [0.1, 0.15) is 36.1 Å². The summed E-state index contributed by atoms with van der Waals surface area (Å²) in [5.74, 6) is -3.67. The van der Waals surface area contributed by atoms with Crippen molar-refractivity contribution in [3.63, 3.8) is 0 Å². The second-order valence-electron chi connectivity index (χ2n) is 7.27. The molecule has 0 unspecified atom stereocenters. The van der Waals surface area contributed by atoms with Gasteiger partial charge < -0.3 is 10.1 Å². The minimum Gasteiger partial charge on any atom is -0.477 e. The highest BCUT2D eigenvalue weighted by Gasteiger charge is 2.27. The van der Waals surface area contributed by atoms with Gasteiger partial charge in [-0.3, -0.25) is 14.5 Å². The fraction of sp³-hybridized carbons (Fsp3) is 0.300. The zero-order valence-corrected chi connectivity index (χ0v) is 19.5. The van der Waals surface area contributed by atoms with Gasteiger partial charge in [0.1, 0.15) is 5.69 Å². The van der Waals surface area contributed by atoms with Crippen LogP contribution in [-0.2, 0) is 15.6 Å². The number of rotatable bonds is 9. The van der Waals surface area contributed by atoms with Crippen molar-refractivity contribution >= 4 is 33.0 Å². The van der Waals surface area contributed by atoms with E-state index in [9.17, 15) is 22.0 Å². The maximum atomic E-state index is 12.8. The van der Waals surface area contributed by atoms with Gasteiger partial charge in [-0.05, 0) is 38.5 Å². The largest absolute Gasteiger partial charge is 0.477 e. The quantitative estimate of drug-likeness (QED) is 0.463. The first-order chi connectivity index (χ1) is 15.5. The van der Waals surface area contributed by atoms with Crippen molar-refractivity contribution in [1.82, 2.24) is 20.3 Å². The molecule has 0 fully saturated rings. The van der Waals surface area contributed by atoms with E-state index in [0.717, 1.165) is 11.3 Å². The van der Waals surface area contributed by atoms with Crippen LogP contribution in [0, 0.1) is 0 Å². The number of hydrogen-bond donors (Lipinski definition) is 2. The molecule has 0 aliphatic carbocycles. The number of benzene rings is 1. The first-order valence-corrected chi connectivity index (χ1v) is 12.0. The summed E-state index contributed by atoms with van der Waals surface area (Å²) in [7, 11) is -4.81. The van der Waals surface area contributed by atoms with E-state index >= 15 is 0 Å². The molecule has 0 saturated carbocycles. The zero-order valence-electron chi connectivity index (χ0n) is 17.9. The molecule has 1 amide bonds. The van der Waals surface area contributed by atoms with E-state index in [1.54, 1.807) is 19.9 Å². The van der Waals surface area contributed by atoms with Gasteiger partial charge in [0.15, 0.2) is 5.01 Å². The second kappa shape index (κ2) is 9.75. The van der Waals surface area contributed by atoms with E-state index in [1.165, 1.54) is 36.8 Å². The Hall–Kier alpha value is -3.19. The number of anilines is 1. The second-order valence-corrected chi connectivity index (χ2v) is 9.95. The van der Waals surface area contributed by atoms with Crippen LogP contribution >= 0.6 is 11.3 Å². The maximum Gasteiger partial charge on any atom is 0.355 e. The summed E-state index contributed by atoms with van der Waals surface area (Å²) in [6.07, 6.45) is 4.53. The lowest BCUT2D eigenvalue weighted by Gasteiger charge is -2.27. The first kappa shape index (κ1) is 24.5. The molecule has 0 atom stereocenters. The van der Waals surface area contributed by atoms with Gasteiger partial charge in [-0.2, -0.15) is 8.78 Å². The standard InChI is InChI=1S/C20H21F2N5O4S2/c1-4-31-16-11-23-9-14(25-16)15-10-24-18(32-15)17(28)26-20(2,3)12-6-5-7-13(8-12)27-33(29,30)19(21)22/h5-11,19,27H,4H2,1-3H3,(H,26,28). The van der Waals surface area contributed by atoms with Crippen LogP contribution in [0.25, 0.3) is 10.6 Å². The molecule has 9 nitrogen and oxygen atoms in total. The normalized spacial score (nSPS) is 11.9. The highest BCUT2D eigenvalue weighted by atomic mass is 32.2. The van der Waals surface area contributed by atoms with Crippen LogP contribution in [-0.4, -0.2) is 41.6 Å². The molecule has 33 heavy (non-hydrogen) atoms. The van der Waals surface area contributed by atoms with E-state index in [0.29, 0.717) is 28.6 Å². The predicted octanol–water partition coefficient (Wildman–Crippen LogP) is 3.63. The Kier molecular flexibility index (Phi) is 7.22. The van der Waals surface area contributed by atoms with Crippen LogP contribution in [0.3, 0.4) is 0 Å². The Morgan fingerprint density at radius 1 is 1.24 bits per heavy atom. The third-order valence-electron chi connectivity index (χ3n) is 4.36. The number of alkyl halides is 2. The van der Waals surface area contributed by atoms with E-state index < -0.39 is 27.2 Å². The van der Waals surface area contributed by atoms with Gasteiger partial charge in [0.05, 0.1) is 29.4 Å². The fourth-order valence-electron chi connectivity index (χ4n) is 2.77. The van der Waals surface area contributed by atoms with Crippen LogP contribution < -0.4 is 14.8 Å². The van der Waals surface area contributed by atoms with Crippen molar-refractivity contribution in [3.05, 3.63) is 53.4 Å². The van der Waals surface area contributed by atoms with Crippen LogP contribution in [0.4, 0.5) is 14.5 Å². The molecule has 1 aromatic carbocycles. The number of carbonyl (C=O) groups excluding carboxylic acids is 1. The number of halogens is 2. The third-order valence-corrected chi connectivity index (χ3v) is 6.37. The Labute approximate surface area is 193 Å². The Morgan fingerprint density at radius 2 is 2.00 bits per heavy atom. The van der Waals surface area contributed by atoms with Crippen LogP contribution in [0.15, 0.2) is 42.9 Å². The average Bonchev–Trinajstić information content (AvgIpc) is 3.24. The van der Waals surface area contributed by atoms with E-state index in [4.69, 9.17) is 4.74 Å². The maximum absolute atomic E-state index is 12.8.